The summed E-state index contributed by atoms with van der Waals surface area (Å²) in [6.45, 7) is 7.53. The number of esters is 1. The second-order valence-electron chi connectivity index (χ2n) is 7.52. The maximum Gasteiger partial charge on any atom is 0.308 e. The van der Waals surface area contributed by atoms with E-state index < -0.39 is 16.9 Å². The van der Waals surface area contributed by atoms with Crippen molar-refractivity contribution in [1.82, 2.24) is 5.32 Å². The molecule has 1 N–H and O–H groups in total. The van der Waals surface area contributed by atoms with E-state index in [0.717, 1.165) is 11.1 Å². The Kier molecular flexibility index (Phi) is 8.54. The molecule has 1 atom stereocenters. The largest absolute Gasteiger partial charge is 0.493 e. The van der Waals surface area contributed by atoms with Crippen molar-refractivity contribution in [2.24, 2.45) is 0 Å². The van der Waals surface area contributed by atoms with E-state index in [1.165, 1.54) is 18.2 Å². The fourth-order valence-electron chi connectivity index (χ4n) is 3.00. The van der Waals surface area contributed by atoms with Gasteiger partial charge >= 0.3 is 5.97 Å². The minimum absolute atomic E-state index is 0.0310. The number of ether oxygens (including phenoxy) is 2. The van der Waals surface area contributed by atoms with Gasteiger partial charge in [-0.1, -0.05) is 24.3 Å². The molecule has 0 aliphatic carbocycles. The van der Waals surface area contributed by atoms with Crippen molar-refractivity contribution in [3.05, 3.63) is 69.3 Å². The number of rotatable bonds is 10. The normalized spacial score (nSPS) is 11.6. The number of aryl methyl sites for hydroxylation is 2. The lowest BCUT2D eigenvalue weighted by Gasteiger charge is -2.19. The van der Waals surface area contributed by atoms with E-state index in [9.17, 15) is 19.7 Å². The summed E-state index contributed by atoms with van der Waals surface area (Å²) < 4.78 is 10.8. The molecule has 0 saturated heterocycles. The smallest absolute Gasteiger partial charge is 0.308 e. The number of para-hydroxylation sites is 1. The average molecular weight is 428 g/mol. The van der Waals surface area contributed by atoms with E-state index in [0.29, 0.717) is 5.75 Å². The molecule has 2 rings (SSSR count). The summed E-state index contributed by atoms with van der Waals surface area (Å²) in [5, 5.41) is 14.1. The van der Waals surface area contributed by atoms with Gasteiger partial charge in [0.25, 0.3) is 5.69 Å². The fraction of sp³-hybridized carbons (Fsp3) is 0.391. The van der Waals surface area contributed by atoms with Gasteiger partial charge in [-0.05, 0) is 51.0 Å². The lowest BCUT2D eigenvalue weighted by Crippen LogP contribution is -2.32. The predicted octanol–water partition coefficient (Wildman–Crippen LogP) is 4.18. The molecule has 0 aliphatic rings. The number of nitrogens with zero attached hydrogens (tertiary/aromatic N) is 1. The van der Waals surface area contributed by atoms with Crippen LogP contribution in [0.15, 0.2) is 42.5 Å². The Bertz CT molecular complexity index is 941. The molecule has 0 aromatic heterocycles. The molecule has 2 aromatic carbocycles. The molecule has 0 heterocycles. The lowest BCUT2D eigenvalue weighted by atomic mass is 10.0. The van der Waals surface area contributed by atoms with Crippen molar-refractivity contribution in [1.29, 1.82) is 0 Å². The maximum atomic E-state index is 12.5. The van der Waals surface area contributed by atoms with Crippen molar-refractivity contribution >= 4 is 17.6 Å². The summed E-state index contributed by atoms with van der Waals surface area (Å²) in [4.78, 5) is 35.6. The Morgan fingerprint density at radius 2 is 1.81 bits per heavy atom. The molecule has 0 spiro atoms. The van der Waals surface area contributed by atoms with Gasteiger partial charge in [0.05, 0.1) is 42.1 Å². The average Bonchev–Trinajstić information content (AvgIpc) is 2.69. The van der Waals surface area contributed by atoms with Gasteiger partial charge in [0.1, 0.15) is 5.75 Å². The van der Waals surface area contributed by atoms with Crippen molar-refractivity contribution in [2.45, 2.75) is 52.7 Å². The Hall–Kier alpha value is -3.42. The number of hydrogen-bond donors (Lipinski definition) is 1. The van der Waals surface area contributed by atoms with Crippen molar-refractivity contribution in [2.75, 3.05) is 6.61 Å². The van der Waals surface area contributed by atoms with Crippen LogP contribution in [-0.4, -0.2) is 29.5 Å². The number of nitro benzene ring substituents is 1. The second-order valence-corrected chi connectivity index (χ2v) is 7.52. The first kappa shape index (κ1) is 23.9. The summed E-state index contributed by atoms with van der Waals surface area (Å²) >= 11 is 0. The third kappa shape index (κ3) is 7.40. The SMILES string of the molecule is Cc1ccc(OCCC(=O)NC(CC(=O)OC(C)C)c2ccccc2[N+](=O)[O-])cc1C. The van der Waals surface area contributed by atoms with Crippen molar-refractivity contribution < 1.29 is 24.0 Å². The van der Waals surface area contributed by atoms with Gasteiger partial charge in [-0.15, -0.1) is 0 Å². The van der Waals surface area contributed by atoms with E-state index in [2.05, 4.69) is 5.32 Å². The topological polar surface area (TPSA) is 108 Å². The molecular formula is C23H28N2O6. The van der Waals surface area contributed by atoms with Gasteiger partial charge in [-0.2, -0.15) is 0 Å². The van der Waals surface area contributed by atoms with Crippen LogP contribution in [0.5, 0.6) is 5.75 Å². The van der Waals surface area contributed by atoms with Gasteiger partial charge < -0.3 is 14.8 Å². The summed E-state index contributed by atoms with van der Waals surface area (Å²) in [7, 11) is 0. The molecule has 31 heavy (non-hydrogen) atoms. The summed E-state index contributed by atoms with van der Waals surface area (Å²) in [5.74, 6) is -0.277. The van der Waals surface area contributed by atoms with Crippen LogP contribution in [0.25, 0.3) is 0 Å². The number of carbonyl (C=O) groups excluding carboxylic acids is 2. The molecule has 1 unspecified atom stereocenters. The molecule has 0 saturated carbocycles. The van der Waals surface area contributed by atoms with Crippen molar-refractivity contribution in [3.63, 3.8) is 0 Å². The van der Waals surface area contributed by atoms with E-state index in [-0.39, 0.29) is 42.7 Å². The molecule has 0 fully saturated rings. The monoisotopic (exact) mass is 428 g/mol. The lowest BCUT2D eigenvalue weighted by molar-refractivity contribution is -0.385. The van der Waals surface area contributed by atoms with Gasteiger partial charge in [0.15, 0.2) is 0 Å². The highest BCUT2D eigenvalue weighted by molar-refractivity contribution is 5.78. The Morgan fingerprint density at radius 3 is 2.45 bits per heavy atom. The zero-order chi connectivity index (χ0) is 23.0. The molecule has 2 aromatic rings. The fourth-order valence-corrected chi connectivity index (χ4v) is 3.00. The number of nitro groups is 1. The zero-order valence-electron chi connectivity index (χ0n) is 18.2. The molecule has 0 radical (unpaired) electrons. The molecule has 1 amide bonds. The maximum absolute atomic E-state index is 12.5. The van der Waals surface area contributed by atoms with E-state index in [1.54, 1.807) is 19.9 Å². The molecular weight excluding hydrogens is 400 g/mol. The summed E-state index contributed by atoms with van der Waals surface area (Å²) in [5.41, 5.74) is 2.31. The third-order valence-electron chi connectivity index (χ3n) is 4.66. The number of carbonyl (C=O) groups is 2. The first-order valence-electron chi connectivity index (χ1n) is 10.1. The minimum atomic E-state index is -0.887. The molecule has 0 bridgehead atoms. The van der Waals surface area contributed by atoms with E-state index in [1.807, 2.05) is 32.0 Å². The highest BCUT2D eigenvalue weighted by Crippen LogP contribution is 2.27. The Morgan fingerprint density at radius 1 is 1.10 bits per heavy atom. The van der Waals surface area contributed by atoms with Crippen LogP contribution < -0.4 is 10.1 Å². The molecule has 8 heteroatoms. The van der Waals surface area contributed by atoms with Crippen LogP contribution in [0.2, 0.25) is 0 Å². The van der Waals surface area contributed by atoms with Crippen LogP contribution in [0, 0.1) is 24.0 Å². The first-order chi connectivity index (χ1) is 14.7. The van der Waals surface area contributed by atoms with E-state index >= 15 is 0 Å². The van der Waals surface area contributed by atoms with Crippen LogP contribution in [0.1, 0.15) is 49.4 Å². The second kappa shape index (κ2) is 11.1. The van der Waals surface area contributed by atoms with Crippen LogP contribution in [-0.2, 0) is 14.3 Å². The quantitative estimate of drug-likeness (QED) is 0.346. The number of nitrogens with one attached hydrogen (secondary N) is 1. The van der Waals surface area contributed by atoms with Gasteiger partial charge in [-0.3, -0.25) is 19.7 Å². The molecule has 166 valence electrons. The van der Waals surface area contributed by atoms with Crippen LogP contribution in [0.3, 0.4) is 0 Å². The number of hydrogen-bond acceptors (Lipinski definition) is 6. The highest BCUT2D eigenvalue weighted by Gasteiger charge is 2.26. The van der Waals surface area contributed by atoms with Gasteiger partial charge in [-0.25, -0.2) is 0 Å². The van der Waals surface area contributed by atoms with Crippen LogP contribution in [0.4, 0.5) is 5.69 Å². The first-order valence-corrected chi connectivity index (χ1v) is 10.1. The predicted molar refractivity (Wildman–Crippen MR) is 116 cm³/mol. The van der Waals surface area contributed by atoms with Crippen molar-refractivity contribution in [3.8, 4) is 5.75 Å². The Balaban J connectivity index is 2.07. The number of benzene rings is 2. The van der Waals surface area contributed by atoms with Crippen LogP contribution >= 0.6 is 0 Å². The number of amides is 1. The molecule has 8 nitrogen and oxygen atoms in total. The third-order valence-corrected chi connectivity index (χ3v) is 4.66. The highest BCUT2D eigenvalue weighted by atomic mass is 16.6. The minimum Gasteiger partial charge on any atom is -0.493 e. The van der Waals surface area contributed by atoms with E-state index in [4.69, 9.17) is 9.47 Å². The summed E-state index contributed by atoms with van der Waals surface area (Å²) in [6.07, 6.45) is -0.517. The Labute approximate surface area is 181 Å². The standard InChI is InChI=1S/C23H28N2O6/c1-15(2)31-23(27)14-20(19-7-5-6-8-21(19)25(28)29)24-22(26)11-12-30-18-10-9-16(3)17(4)13-18/h5-10,13,15,20H,11-12,14H2,1-4H3,(H,24,26). The summed E-state index contributed by atoms with van der Waals surface area (Å²) in [6, 6.07) is 10.8. The molecule has 0 aliphatic heterocycles. The van der Waals surface area contributed by atoms with Gasteiger partial charge in [0.2, 0.25) is 5.91 Å². The van der Waals surface area contributed by atoms with Gasteiger partial charge in [0, 0.05) is 6.07 Å². The zero-order valence-corrected chi connectivity index (χ0v) is 18.2.